The summed E-state index contributed by atoms with van der Waals surface area (Å²) in [7, 11) is -3.65. The molecule has 0 unspecified atom stereocenters. The fourth-order valence-corrected chi connectivity index (χ4v) is 4.94. The van der Waals surface area contributed by atoms with E-state index in [0.717, 1.165) is 10.8 Å². The molecule has 1 aliphatic rings. The summed E-state index contributed by atoms with van der Waals surface area (Å²) in [6.45, 7) is 0. The predicted octanol–water partition coefficient (Wildman–Crippen LogP) is 6.20. The molecular weight excluding hydrogens is 489 g/mol. The largest absolute Gasteiger partial charge is 0.284 e. The van der Waals surface area contributed by atoms with Gasteiger partial charge in [-0.3, -0.25) is 9.69 Å². The highest BCUT2D eigenvalue weighted by Crippen LogP contribution is 2.42. The van der Waals surface area contributed by atoms with Crippen LogP contribution in [-0.2, 0) is 19.5 Å². The van der Waals surface area contributed by atoms with Crippen molar-refractivity contribution in [3.8, 4) is 0 Å². The molecule has 162 valence electrons. The first-order chi connectivity index (χ1) is 15.2. The maximum absolute atomic E-state index is 14.0. The van der Waals surface area contributed by atoms with Gasteiger partial charge >= 0.3 is 0 Å². The van der Waals surface area contributed by atoms with Gasteiger partial charge in [0.15, 0.2) is 14.7 Å². The van der Waals surface area contributed by atoms with E-state index < -0.39 is 20.6 Å². The standard InChI is InChI=1S/C24H16Cl3NO3S/c25-20-10-6-18(7-11-20)24(27,19-8-12-21(26)13-9-19)23(29)28-14-15-32(30,31)16-22(28)17-4-2-1-3-5-17/h1-16H. The van der Waals surface area contributed by atoms with E-state index in [1.165, 1.54) is 11.1 Å². The average molecular weight is 505 g/mol. The van der Waals surface area contributed by atoms with Gasteiger partial charge in [0.05, 0.1) is 16.5 Å². The zero-order valence-electron chi connectivity index (χ0n) is 16.5. The quantitative estimate of drug-likeness (QED) is 0.397. The smallest absolute Gasteiger partial charge is 0.261 e. The van der Waals surface area contributed by atoms with Gasteiger partial charge in [-0.1, -0.05) is 89.4 Å². The van der Waals surface area contributed by atoms with Crippen LogP contribution in [0.15, 0.2) is 95.9 Å². The van der Waals surface area contributed by atoms with Crippen LogP contribution in [0.5, 0.6) is 0 Å². The summed E-state index contributed by atoms with van der Waals surface area (Å²) in [5.74, 6) is -0.551. The molecule has 0 aliphatic carbocycles. The van der Waals surface area contributed by atoms with Crippen LogP contribution in [0.2, 0.25) is 10.0 Å². The summed E-state index contributed by atoms with van der Waals surface area (Å²) in [6.07, 6.45) is 1.23. The molecule has 32 heavy (non-hydrogen) atoms. The van der Waals surface area contributed by atoms with E-state index in [1.807, 2.05) is 0 Å². The van der Waals surface area contributed by atoms with Crippen LogP contribution in [0, 0.1) is 0 Å². The minimum Gasteiger partial charge on any atom is -0.284 e. The van der Waals surface area contributed by atoms with Gasteiger partial charge in [0, 0.05) is 16.2 Å². The fourth-order valence-electron chi connectivity index (χ4n) is 3.41. The number of carbonyl (C=O) groups excluding carboxylic acids is 1. The lowest BCUT2D eigenvalue weighted by atomic mass is 9.88. The monoisotopic (exact) mass is 503 g/mol. The molecule has 3 aromatic carbocycles. The zero-order valence-corrected chi connectivity index (χ0v) is 19.5. The summed E-state index contributed by atoms with van der Waals surface area (Å²) in [4.78, 5) is 13.6. The summed E-state index contributed by atoms with van der Waals surface area (Å²) in [5.41, 5.74) is 1.71. The van der Waals surface area contributed by atoms with Crippen molar-refractivity contribution in [1.82, 2.24) is 4.90 Å². The number of hydrogen-bond donors (Lipinski definition) is 0. The minimum absolute atomic E-state index is 0.200. The van der Waals surface area contributed by atoms with Crippen LogP contribution >= 0.6 is 34.8 Å². The molecule has 1 aliphatic heterocycles. The average Bonchev–Trinajstić information content (AvgIpc) is 2.79. The first kappa shape index (κ1) is 22.6. The first-order valence-electron chi connectivity index (χ1n) is 9.46. The summed E-state index contributed by atoms with van der Waals surface area (Å²) in [6, 6.07) is 22.0. The van der Waals surface area contributed by atoms with Crippen LogP contribution in [0.3, 0.4) is 0 Å². The maximum Gasteiger partial charge on any atom is 0.261 e. The van der Waals surface area contributed by atoms with Crippen molar-refractivity contribution in [2.45, 2.75) is 4.87 Å². The lowest BCUT2D eigenvalue weighted by Gasteiger charge is -2.34. The molecule has 1 amide bonds. The second kappa shape index (κ2) is 8.75. The van der Waals surface area contributed by atoms with Crippen molar-refractivity contribution in [3.05, 3.63) is 123 Å². The van der Waals surface area contributed by atoms with E-state index in [2.05, 4.69) is 0 Å². The number of sulfone groups is 1. The van der Waals surface area contributed by atoms with Crippen molar-refractivity contribution < 1.29 is 13.2 Å². The van der Waals surface area contributed by atoms with Gasteiger partial charge in [0.2, 0.25) is 0 Å². The molecule has 4 nitrogen and oxygen atoms in total. The van der Waals surface area contributed by atoms with Gasteiger partial charge in [-0.2, -0.15) is 0 Å². The second-order valence-electron chi connectivity index (χ2n) is 7.09. The van der Waals surface area contributed by atoms with Gasteiger partial charge in [-0.15, -0.1) is 0 Å². The Labute approximate surface area is 201 Å². The SMILES string of the molecule is O=C(N1C=CS(=O)(=O)C=C1c1ccccc1)C(Cl)(c1ccc(Cl)cc1)c1ccc(Cl)cc1. The number of halogens is 3. The van der Waals surface area contributed by atoms with Crippen molar-refractivity contribution in [3.63, 3.8) is 0 Å². The Hall–Kier alpha value is -2.57. The molecule has 1 heterocycles. The van der Waals surface area contributed by atoms with Crippen molar-refractivity contribution in [2.75, 3.05) is 0 Å². The maximum atomic E-state index is 14.0. The molecule has 3 aromatic rings. The number of hydrogen-bond acceptors (Lipinski definition) is 3. The normalized spacial score (nSPS) is 15.3. The molecule has 0 saturated carbocycles. The molecule has 0 bridgehead atoms. The Morgan fingerprint density at radius 2 is 1.28 bits per heavy atom. The van der Waals surface area contributed by atoms with E-state index in [-0.39, 0.29) is 5.70 Å². The molecule has 0 fully saturated rings. The number of nitrogens with zero attached hydrogens (tertiary/aromatic N) is 1. The van der Waals surface area contributed by atoms with Gasteiger partial charge in [-0.25, -0.2) is 8.42 Å². The Morgan fingerprint density at radius 1 is 0.781 bits per heavy atom. The molecule has 8 heteroatoms. The van der Waals surface area contributed by atoms with Crippen molar-refractivity contribution >= 4 is 56.2 Å². The Bertz CT molecular complexity index is 1270. The van der Waals surface area contributed by atoms with Crippen LogP contribution in [0.1, 0.15) is 16.7 Å². The molecular formula is C24H16Cl3NO3S. The van der Waals surface area contributed by atoms with E-state index in [1.54, 1.807) is 78.9 Å². The van der Waals surface area contributed by atoms with Gasteiger partial charge in [0.1, 0.15) is 0 Å². The highest BCUT2D eigenvalue weighted by molar-refractivity contribution is 7.97. The second-order valence-corrected chi connectivity index (χ2v) is 10.2. The van der Waals surface area contributed by atoms with Gasteiger partial charge in [-0.05, 0) is 41.0 Å². The highest BCUT2D eigenvalue weighted by Gasteiger charge is 2.44. The lowest BCUT2D eigenvalue weighted by molar-refractivity contribution is -0.127. The van der Waals surface area contributed by atoms with E-state index in [0.29, 0.717) is 26.7 Å². The number of benzene rings is 3. The Morgan fingerprint density at radius 3 is 1.78 bits per heavy atom. The Kier molecular flexibility index (Phi) is 6.19. The lowest BCUT2D eigenvalue weighted by Crippen LogP contribution is -2.42. The van der Waals surface area contributed by atoms with Gasteiger partial charge in [0.25, 0.3) is 5.91 Å². The highest BCUT2D eigenvalue weighted by atomic mass is 35.5. The molecule has 0 atom stereocenters. The fraction of sp³-hybridized carbons (Fsp3) is 0.0417. The number of amides is 1. The third kappa shape index (κ3) is 4.34. The van der Waals surface area contributed by atoms with Crippen LogP contribution in [-0.4, -0.2) is 19.2 Å². The first-order valence-corrected chi connectivity index (χ1v) is 12.2. The number of alkyl halides is 1. The van der Waals surface area contributed by atoms with Crippen LogP contribution < -0.4 is 0 Å². The van der Waals surface area contributed by atoms with E-state index in [4.69, 9.17) is 34.8 Å². The summed E-state index contributed by atoms with van der Waals surface area (Å²) >= 11 is 19.2. The van der Waals surface area contributed by atoms with Gasteiger partial charge < -0.3 is 0 Å². The Balaban J connectivity index is 1.89. The summed E-state index contributed by atoms with van der Waals surface area (Å²) in [5, 5.41) is 3.01. The number of carbonyl (C=O) groups is 1. The third-order valence-electron chi connectivity index (χ3n) is 5.00. The molecule has 0 spiro atoms. The molecule has 0 radical (unpaired) electrons. The predicted molar refractivity (Wildman–Crippen MR) is 129 cm³/mol. The van der Waals surface area contributed by atoms with E-state index >= 15 is 0 Å². The van der Waals surface area contributed by atoms with Crippen LogP contribution in [0.4, 0.5) is 0 Å². The van der Waals surface area contributed by atoms with E-state index in [9.17, 15) is 13.2 Å². The summed E-state index contributed by atoms with van der Waals surface area (Å²) < 4.78 is 24.6. The number of rotatable bonds is 4. The van der Waals surface area contributed by atoms with Crippen molar-refractivity contribution in [1.29, 1.82) is 0 Å². The minimum atomic E-state index is -3.65. The topological polar surface area (TPSA) is 54.5 Å². The zero-order chi connectivity index (χ0) is 22.9. The third-order valence-corrected chi connectivity index (χ3v) is 7.16. The molecule has 0 saturated heterocycles. The molecule has 4 rings (SSSR count). The van der Waals surface area contributed by atoms with Crippen molar-refractivity contribution in [2.24, 2.45) is 0 Å². The van der Waals surface area contributed by atoms with Crippen LogP contribution in [0.25, 0.3) is 5.70 Å². The molecule has 0 aromatic heterocycles. The molecule has 0 N–H and O–H groups in total.